The lowest BCUT2D eigenvalue weighted by Gasteiger charge is -2.24. The van der Waals surface area contributed by atoms with Gasteiger partial charge in [0.15, 0.2) is 0 Å². The Morgan fingerprint density at radius 3 is 2.65 bits per heavy atom. The van der Waals surface area contributed by atoms with Crippen LogP contribution < -0.4 is 16.2 Å². The van der Waals surface area contributed by atoms with Crippen molar-refractivity contribution in [1.82, 2.24) is 9.97 Å². The maximum atomic E-state index is 12.8. The first-order chi connectivity index (χ1) is 9.45. The van der Waals surface area contributed by atoms with Gasteiger partial charge >= 0.3 is 6.18 Å². The van der Waals surface area contributed by atoms with Gasteiger partial charge in [-0.05, 0) is 12.8 Å². The van der Waals surface area contributed by atoms with Crippen LogP contribution in [0.4, 0.5) is 24.8 Å². The largest absolute Gasteiger partial charge is 0.451 e. The van der Waals surface area contributed by atoms with E-state index in [1.165, 1.54) is 6.07 Å². The molecule has 0 spiro atoms. The highest BCUT2D eigenvalue weighted by molar-refractivity contribution is 5.50. The molecule has 1 aliphatic carbocycles. The summed E-state index contributed by atoms with van der Waals surface area (Å²) >= 11 is 0. The Hall–Kier alpha value is -1.61. The average Bonchev–Trinajstić information content (AvgIpc) is 3.22. The highest BCUT2D eigenvalue weighted by atomic mass is 19.4. The first-order valence-corrected chi connectivity index (χ1v) is 6.14. The molecule has 1 saturated carbocycles. The molecule has 0 amide bonds. The van der Waals surface area contributed by atoms with E-state index < -0.39 is 12.0 Å². The number of halogens is 3. The normalized spacial score (nSPS) is 15.2. The number of anilines is 2. The molecule has 0 aromatic carbocycles. The number of nitrogens with zero attached hydrogens (tertiary/aromatic N) is 3. The SMILES string of the molecule is COCCN(c1cc(NN)nc(C(F)(F)F)n1)C1CC1. The Morgan fingerprint density at radius 1 is 1.45 bits per heavy atom. The summed E-state index contributed by atoms with van der Waals surface area (Å²) < 4.78 is 43.3. The molecule has 112 valence electrons. The smallest absolute Gasteiger partial charge is 0.383 e. The fourth-order valence-electron chi connectivity index (χ4n) is 1.84. The van der Waals surface area contributed by atoms with Gasteiger partial charge in [0, 0.05) is 25.8 Å². The summed E-state index contributed by atoms with van der Waals surface area (Å²) in [6, 6.07) is 1.61. The third-order valence-corrected chi connectivity index (χ3v) is 2.93. The van der Waals surface area contributed by atoms with Crippen molar-refractivity contribution in [2.24, 2.45) is 5.84 Å². The molecule has 3 N–H and O–H groups in total. The van der Waals surface area contributed by atoms with E-state index >= 15 is 0 Å². The lowest BCUT2D eigenvalue weighted by molar-refractivity contribution is -0.144. The van der Waals surface area contributed by atoms with Crippen LogP contribution in [-0.2, 0) is 10.9 Å². The van der Waals surface area contributed by atoms with Gasteiger partial charge in [-0.25, -0.2) is 15.8 Å². The minimum Gasteiger partial charge on any atom is -0.383 e. The fourth-order valence-corrected chi connectivity index (χ4v) is 1.84. The van der Waals surface area contributed by atoms with Gasteiger partial charge in [-0.1, -0.05) is 0 Å². The third kappa shape index (κ3) is 3.48. The number of alkyl halides is 3. The maximum absolute atomic E-state index is 12.8. The van der Waals surface area contributed by atoms with Crippen molar-refractivity contribution in [2.75, 3.05) is 30.6 Å². The zero-order valence-electron chi connectivity index (χ0n) is 10.9. The van der Waals surface area contributed by atoms with Crippen LogP contribution in [0, 0.1) is 0 Å². The van der Waals surface area contributed by atoms with Crippen LogP contribution in [0.5, 0.6) is 0 Å². The summed E-state index contributed by atoms with van der Waals surface area (Å²) in [7, 11) is 1.54. The van der Waals surface area contributed by atoms with E-state index in [4.69, 9.17) is 10.6 Å². The Kier molecular flexibility index (Phi) is 4.29. The number of hydrogen-bond acceptors (Lipinski definition) is 6. The van der Waals surface area contributed by atoms with E-state index in [9.17, 15) is 13.2 Å². The predicted molar refractivity (Wildman–Crippen MR) is 67.1 cm³/mol. The molecule has 1 aliphatic rings. The van der Waals surface area contributed by atoms with Crippen LogP contribution in [0.3, 0.4) is 0 Å². The lowest BCUT2D eigenvalue weighted by Crippen LogP contribution is -2.31. The number of aromatic nitrogens is 2. The number of hydrazine groups is 1. The van der Waals surface area contributed by atoms with Crippen molar-refractivity contribution in [1.29, 1.82) is 0 Å². The summed E-state index contributed by atoms with van der Waals surface area (Å²) in [6.45, 7) is 0.882. The number of nitrogen functional groups attached to an aromatic ring is 1. The minimum absolute atomic E-state index is 0.0645. The van der Waals surface area contributed by atoms with Gasteiger partial charge in [0.1, 0.15) is 11.6 Å². The molecule has 0 unspecified atom stereocenters. The second kappa shape index (κ2) is 5.80. The zero-order valence-corrected chi connectivity index (χ0v) is 10.9. The molecule has 0 radical (unpaired) electrons. The second-order valence-corrected chi connectivity index (χ2v) is 4.49. The lowest BCUT2D eigenvalue weighted by atomic mass is 10.4. The van der Waals surface area contributed by atoms with Crippen LogP contribution in [0.2, 0.25) is 0 Å². The molecule has 6 nitrogen and oxygen atoms in total. The molecule has 1 fully saturated rings. The van der Waals surface area contributed by atoms with E-state index in [1.807, 2.05) is 0 Å². The Morgan fingerprint density at radius 2 is 2.15 bits per heavy atom. The summed E-state index contributed by atoms with van der Waals surface area (Å²) in [6.07, 6.45) is -2.75. The molecule has 1 heterocycles. The van der Waals surface area contributed by atoms with Crippen molar-refractivity contribution < 1.29 is 17.9 Å². The molecule has 0 saturated heterocycles. The van der Waals surface area contributed by atoms with Crippen LogP contribution in [0.1, 0.15) is 18.7 Å². The van der Waals surface area contributed by atoms with Crippen LogP contribution in [0.25, 0.3) is 0 Å². The average molecular weight is 291 g/mol. The highest BCUT2D eigenvalue weighted by Gasteiger charge is 2.37. The topological polar surface area (TPSA) is 76.3 Å². The van der Waals surface area contributed by atoms with Gasteiger partial charge in [0.2, 0.25) is 5.82 Å². The Labute approximate surface area is 114 Å². The molecule has 1 aromatic rings. The summed E-state index contributed by atoms with van der Waals surface area (Å²) in [5.74, 6) is 4.11. The molecule has 20 heavy (non-hydrogen) atoms. The van der Waals surface area contributed by atoms with E-state index in [0.717, 1.165) is 12.8 Å². The van der Waals surface area contributed by atoms with Crippen molar-refractivity contribution in [3.63, 3.8) is 0 Å². The summed E-state index contributed by atoms with van der Waals surface area (Å²) in [4.78, 5) is 8.73. The molecule has 2 rings (SSSR count). The number of hydrogen-bond donors (Lipinski definition) is 2. The molecular formula is C11H16F3N5O. The Bertz CT molecular complexity index is 464. The van der Waals surface area contributed by atoms with E-state index in [-0.39, 0.29) is 17.7 Å². The summed E-state index contributed by atoms with van der Waals surface area (Å²) in [5.41, 5.74) is 2.14. The standard InChI is InChI=1S/C11H16F3N5O/c1-20-5-4-19(7-2-3-7)9-6-8(18-15)16-10(17-9)11(12,13)14/h6-7H,2-5,15H2,1H3,(H,16,17,18). The Balaban J connectivity index is 2.32. The van der Waals surface area contributed by atoms with Crippen molar-refractivity contribution >= 4 is 11.6 Å². The quantitative estimate of drug-likeness (QED) is 0.609. The first-order valence-electron chi connectivity index (χ1n) is 6.14. The van der Waals surface area contributed by atoms with E-state index in [1.54, 1.807) is 12.0 Å². The van der Waals surface area contributed by atoms with Gasteiger partial charge < -0.3 is 15.1 Å². The van der Waals surface area contributed by atoms with Crippen molar-refractivity contribution in [3.05, 3.63) is 11.9 Å². The maximum Gasteiger partial charge on any atom is 0.451 e. The number of methoxy groups -OCH3 is 1. The fraction of sp³-hybridized carbons (Fsp3) is 0.636. The molecular weight excluding hydrogens is 275 g/mol. The number of nitrogens with two attached hydrogens (primary N) is 1. The first kappa shape index (κ1) is 14.8. The van der Waals surface area contributed by atoms with Gasteiger partial charge in [0.25, 0.3) is 0 Å². The van der Waals surface area contributed by atoms with Gasteiger partial charge in [-0.2, -0.15) is 13.2 Å². The van der Waals surface area contributed by atoms with E-state index in [2.05, 4.69) is 15.4 Å². The van der Waals surface area contributed by atoms with Crippen molar-refractivity contribution in [2.45, 2.75) is 25.1 Å². The number of rotatable bonds is 6. The minimum atomic E-state index is -4.61. The van der Waals surface area contributed by atoms with Crippen LogP contribution in [0.15, 0.2) is 6.07 Å². The van der Waals surface area contributed by atoms with Crippen molar-refractivity contribution in [3.8, 4) is 0 Å². The second-order valence-electron chi connectivity index (χ2n) is 4.49. The number of nitrogens with one attached hydrogen (secondary N) is 1. The third-order valence-electron chi connectivity index (χ3n) is 2.93. The van der Waals surface area contributed by atoms with Gasteiger partial charge in [0.05, 0.1) is 6.61 Å². The monoisotopic (exact) mass is 291 g/mol. The molecule has 0 bridgehead atoms. The predicted octanol–water partition coefficient (Wildman–Crippen LogP) is 1.40. The summed E-state index contributed by atoms with van der Waals surface area (Å²) in [5, 5.41) is 0. The zero-order chi connectivity index (χ0) is 14.8. The highest BCUT2D eigenvalue weighted by Crippen LogP contribution is 2.33. The molecule has 1 aromatic heterocycles. The number of ether oxygens (including phenoxy) is 1. The van der Waals surface area contributed by atoms with Crippen LogP contribution in [-0.4, -0.2) is 36.3 Å². The molecule has 0 aliphatic heterocycles. The molecule has 0 atom stereocenters. The van der Waals surface area contributed by atoms with Crippen LogP contribution >= 0.6 is 0 Å². The molecule has 9 heteroatoms. The van der Waals surface area contributed by atoms with Gasteiger partial charge in [-0.3, -0.25) is 0 Å². The van der Waals surface area contributed by atoms with Gasteiger partial charge in [-0.15, -0.1) is 0 Å². The van der Waals surface area contributed by atoms with E-state index in [0.29, 0.717) is 13.2 Å².